The van der Waals surface area contributed by atoms with Crippen LogP contribution in [0.25, 0.3) is 10.9 Å². The number of esters is 1. The van der Waals surface area contributed by atoms with Crippen LogP contribution in [-0.2, 0) is 9.53 Å². The number of aromatic amines is 1. The second-order valence-corrected chi connectivity index (χ2v) is 5.33. The summed E-state index contributed by atoms with van der Waals surface area (Å²) < 4.78 is 4.61. The normalized spacial score (nSPS) is 10.5. The van der Waals surface area contributed by atoms with Crippen molar-refractivity contribution < 1.29 is 9.53 Å². The first-order valence-corrected chi connectivity index (χ1v) is 7.35. The molecule has 0 aliphatic carbocycles. The minimum Gasteiger partial charge on any atom is -0.468 e. The van der Waals surface area contributed by atoms with E-state index in [0.717, 1.165) is 22.3 Å². The molecule has 0 amide bonds. The van der Waals surface area contributed by atoms with Crippen molar-refractivity contribution in [2.24, 2.45) is 0 Å². The van der Waals surface area contributed by atoms with Gasteiger partial charge < -0.3 is 15.4 Å². The molecule has 3 rings (SSSR count). The molecule has 0 unspecified atom stereocenters. The van der Waals surface area contributed by atoms with Gasteiger partial charge in [-0.05, 0) is 36.4 Å². The van der Waals surface area contributed by atoms with Crippen molar-refractivity contribution in [2.45, 2.75) is 0 Å². The standard InChI is InChI=1S/C16H15ClN4O2/c1-23-15(22)9-18-11-5-6-14-13(8-11)16(21-20-14)19-12-4-2-3-10(17)7-12/h2-8,18H,9H2,1H3,(H2,19,20,21). The van der Waals surface area contributed by atoms with E-state index in [-0.39, 0.29) is 12.5 Å². The molecule has 23 heavy (non-hydrogen) atoms. The quantitative estimate of drug-likeness (QED) is 0.623. The van der Waals surface area contributed by atoms with E-state index in [1.165, 1.54) is 7.11 Å². The number of nitrogens with zero attached hydrogens (tertiary/aromatic N) is 1. The van der Waals surface area contributed by atoms with Crippen LogP contribution in [0.4, 0.5) is 17.2 Å². The zero-order chi connectivity index (χ0) is 16.2. The molecule has 0 radical (unpaired) electrons. The second-order valence-electron chi connectivity index (χ2n) is 4.90. The molecule has 6 nitrogen and oxygen atoms in total. The number of rotatable bonds is 5. The number of hydrogen-bond donors (Lipinski definition) is 3. The predicted octanol–water partition coefficient (Wildman–Crippen LogP) is 3.54. The van der Waals surface area contributed by atoms with E-state index in [0.29, 0.717) is 10.8 Å². The van der Waals surface area contributed by atoms with Gasteiger partial charge in [-0.25, -0.2) is 0 Å². The summed E-state index contributed by atoms with van der Waals surface area (Å²) in [6, 6.07) is 13.1. The number of ether oxygens (including phenoxy) is 1. The minimum atomic E-state index is -0.324. The zero-order valence-electron chi connectivity index (χ0n) is 12.4. The first-order valence-electron chi connectivity index (χ1n) is 6.97. The first-order chi connectivity index (χ1) is 11.2. The number of benzene rings is 2. The highest BCUT2D eigenvalue weighted by Gasteiger charge is 2.08. The van der Waals surface area contributed by atoms with Crippen molar-refractivity contribution in [1.82, 2.24) is 10.2 Å². The number of carbonyl (C=O) groups is 1. The molecule has 1 aromatic heterocycles. The molecule has 0 saturated heterocycles. The van der Waals surface area contributed by atoms with Crippen molar-refractivity contribution >= 4 is 45.7 Å². The molecule has 0 bridgehead atoms. The molecule has 7 heteroatoms. The summed E-state index contributed by atoms with van der Waals surface area (Å²) in [4.78, 5) is 11.2. The number of aromatic nitrogens is 2. The van der Waals surface area contributed by atoms with Gasteiger partial charge in [-0.1, -0.05) is 17.7 Å². The summed E-state index contributed by atoms with van der Waals surface area (Å²) in [5.41, 5.74) is 2.54. The molecular weight excluding hydrogens is 316 g/mol. The van der Waals surface area contributed by atoms with Crippen molar-refractivity contribution in [3.8, 4) is 0 Å². The molecule has 3 N–H and O–H groups in total. The Balaban J connectivity index is 1.84. The highest BCUT2D eigenvalue weighted by Crippen LogP contribution is 2.27. The molecule has 0 spiro atoms. The summed E-state index contributed by atoms with van der Waals surface area (Å²) in [5.74, 6) is 0.360. The predicted molar refractivity (Wildman–Crippen MR) is 91.3 cm³/mol. The van der Waals surface area contributed by atoms with Gasteiger partial charge in [0.15, 0.2) is 5.82 Å². The molecule has 3 aromatic rings. The third-order valence-corrected chi connectivity index (χ3v) is 3.55. The van der Waals surface area contributed by atoms with Crippen molar-refractivity contribution in [1.29, 1.82) is 0 Å². The average Bonchev–Trinajstić information content (AvgIpc) is 2.95. The van der Waals surface area contributed by atoms with Crippen LogP contribution in [0.5, 0.6) is 0 Å². The monoisotopic (exact) mass is 330 g/mol. The van der Waals surface area contributed by atoms with Crippen LogP contribution in [0.3, 0.4) is 0 Å². The molecule has 0 aliphatic heterocycles. The Labute approximate surface area is 137 Å². The van der Waals surface area contributed by atoms with E-state index in [4.69, 9.17) is 11.6 Å². The number of fused-ring (bicyclic) bond motifs is 1. The van der Waals surface area contributed by atoms with Gasteiger partial charge in [0.2, 0.25) is 0 Å². The fraction of sp³-hybridized carbons (Fsp3) is 0.125. The highest BCUT2D eigenvalue weighted by molar-refractivity contribution is 6.30. The summed E-state index contributed by atoms with van der Waals surface area (Å²) in [6.45, 7) is 0.108. The summed E-state index contributed by atoms with van der Waals surface area (Å²) in [6.07, 6.45) is 0. The van der Waals surface area contributed by atoms with Crippen LogP contribution in [0.2, 0.25) is 5.02 Å². The summed E-state index contributed by atoms with van der Waals surface area (Å²) >= 11 is 5.99. The van der Waals surface area contributed by atoms with E-state index in [2.05, 4.69) is 25.6 Å². The summed E-state index contributed by atoms with van der Waals surface area (Å²) in [5, 5.41) is 15.0. The van der Waals surface area contributed by atoms with Gasteiger partial charge in [0.05, 0.1) is 12.6 Å². The van der Waals surface area contributed by atoms with Crippen LogP contribution in [0.15, 0.2) is 42.5 Å². The fourth-order valence-corrected chi connectivity index (χ4v) is 2.36. The Hall–Kier alpha value is -2.73. The van der Waals surface area contributed by atoms with Crippen LogP contribution >= 0.6 is 11.6 Å². The van der Waals surface area contributed by atoms with Gasteiger partial charge >= 0.3 is 5.97 Å². The lowest BCUT2D eigenvalue weighted by molar-refractivity contribution is -0.138. The van der Waals surface area contributed by atoms with E-state index in [1.54, 1.807) is 0 Å². The van der Waals surface area contributed by atoms with Crippen molar-refractivity contribution in [2.75, 3.05) is 24.3 Å². The molecule has 0 atom stereocenters. The van der Waals surface area contributed by atoms with Gasteiger partial charge in [0.25, 0.3) is 0 Å². The Kier molecular flexibility index (Phi) is 4.34. The maximum atomic E-state index is 11.2. The van der Waals surface area contributed by atoms with E-state index >= 15 is 0 Å². The number of halogens is 1. The second kappa shape index (κ2) is 6.58. The third-order valence-electron chi connectivity index (χ3n) is 3.31. The van der Waals surface area contributed by atoms with Gasteiger partial charge in [0.1, 0.15) is 6.54 Å². The van der Waals surface area contributed by atoms with Crippen molar-refractivity contribution in [3.63, 3.8) is 0 Å². The lowest BCUT2D eigenvalue weighted by Crippen LogP contribution is -2.14. The summed E-state index contributed by atoms with van der Waals surface area (Å²) in [7, 11) is 1.36. The van der Waals surface area contributed by atoms with Crippen molar-refractivity contribution in [3.05, 3.63) is 47.5 Å². The number of H-pyrrole nitrogens is 1. The Morgan fingerprint density at radius 2 is 2.13 bits per heavy atom. The fourth-order valence-electron chi connectivity index (χ4n) is 2.17. The first kappa shape index (κ1) is 15.2. The van der Waals surface area contributed by atoms with E-state index in [9.17, 15) is 4.79 Å². The molecular formula is C16H15ClN4O2. The Morgan fingerprint density at radius 1 is 1.26 bits per heavy atom. The van der Waals surface area contributed by atoms with E-state index in [1.807, 2.05) is 42.5 Å². The molecule has 0 saturated carbocycles. The average molecular weight is 331 g/mol. The van der Waals surface area contributed by atoms with E-state index < -0.39 is 0 Å². The van der Waals surface area contributed by atoms with Gasteiger partial charge in [-0.3, -0.25) is 9.89 Å². The van der Waals surface area contributed by atoms with Crippen LogP contribution in [0, 0.1) is 0 Å². The molecule has 0 aliphatic rings. The SMILES string of the molecule is COC(=O)CNc1ccc2[nH]nc(Nc3cccc(Cl)c3)c2c1. The van der Waals surface area contributed by atoms with Crippen LogP contribution in [-0.4, -0.2) is 29.8 Å². The third kappa shape index (κ3) is 3.54. The minimum absolute atomic E-state index is 0.108. The molecule has 1 heterocycles. The molecule has 118 valence electrons. The van der Waals surface area contributed by atoms with Gasteiger partial charge in [-0.2, -0.15) is 5.10 Å². The number of nitrogens with one attached hydrogen (secondary N) is 3. The van der Waals surface area contributed by atoms with Gasteiger partial charge in [-0.15, -0.1) is 0 Å². The largest absolute Gasteiger partial charge is 0.468 e. The van der Waals surface area contributed by atoms with Crippen LogP contribution in [0.1, 0.15) is 0 Å². The highest BCUT2D eigenvalue weighted by atomic mass is 35.5. The Morgan fingerprint density at radius 3 is 2.91 bits per heavy atom. The Bertz CT molecular complexity index is 847. The van der Waals surface area contributed by atoms with Crippen LogP contribution < -0.4 is 10.6 Å². The maximum absolute atomic E-state index is 11.2. The number of hydrogen-bond acceptors (Lipinski definition) is 5. The van der Waals surface area contributed by atoms with Gasteiger partial charge in [0, 0.05) is 21.8 Å². The number of methoxy groups -OCH3 is 1. The molecule has 2 aromatic carbocycles. The number of carbonyl (C=O) groups excluding carboxylic acids is 1. The molecule has 0 fully saturated rings. The lowest BCUT2D eigenvalue weighted by atomic mass is 10.2. The lowest BCUT2D eigenvalue weighted by Gasteiger charge is -2.06. The smallest absolute Gasteiger partial charge is 0.325 e. The maximum Gasteiger partial charge on any atom is 0.325 e. The topological polar surface area (TPSA) is 79.0 Å². The zero-order valence-corrected chi connectivity index (χ0v) is 13.1. The number of anilines is 3.